The van der Waals surface area contributed by atoms with E-state index in [2.05, 4.69) is 98.6 Å². The number of rotatable bonds is 27. The van der Waals surface area contributed by atoms with E-state index in [4.69, 9.17) is 31.7 Å². The van der Waals surface area contributed by atoms with Crippen LogP contribution in [0.25, 0.3) is 4.85 Å². The number of carbonyl (C=O) groups excluding carboxylic acids is 6. The zero-order valence-corrected chi connectivity index (χ0v) is 67.8. The summed E-state index contributed by atoms with van der Waals surface area (Å²) < 4.78 is 0. The second-order valence-corrected chi connectivity index (χ2v) is 30.1. The number of hydrogen-bond donors (Lipinski definition) is 5. The van der Waals surface area contributed by atoms with Crippen LogP contribution in [-0.4, -0.2) is 266 Å². The van der Waals surface area contributed by atoms with Gasteiger partial charge in [-0.05, 0) is 0 Å². The molecule has 14 rings (SSSR count). The fourth-order valence-corrected chi connectivity index (χ4v) is 17.2. The molecule has 0 saturated carbocycles. The maximum Gasteiger partial charge on any atom is 0.321 e. The van der Waals surface area contributed by atoms with Crippen LogP contribution in [0.2, 0.25) is 0 Å². The fraction of sp³-hybridized carbons (Fsp3) is 0.418. The van der Waals surface area contributed by atoms with Crippen LogP contribution in [0.1, 0.15) is 120 Å². The van der Waals surface area contributed by atoms with Gasteiger partial charge in [0, 0.05) is 110 Å². The Morgan fingerprint density at radius 3 is 1.60 bits per heavy atom. The molecule has 7 aromatic heterocycles. The van der Waals surface area contributed by atoms with Gasteiger partial charge in [0.2, 0.25) is 0 Å². The summed E-state index contributed by atoms with van der Waals surface area (Å²) in [4.78, 5) is 142. The molecule has 6 unspecified atom stereocenters. The first-order valence-electron chi connectivity index (χ1n) is 34.2. The van der Waals surface area contributed by atoms with Crippen LogP contribution in [-0.2, 0) is 76.1 Å². The van der Waals surface area contributed by atoms with E-state index in [1.54, 1.807) is 126 Å². The van der Waals surface area contributed by atoms with Crippen LogP contribution in [0.5, 0.6) is 0 Å². The Morgan fingerprint density at radius 2 is 1.03 bits per heavy atom. The molecule has 0 spiro atoms. The molecule has 0 amide bonds. The van der Waals surface area contributed by atoms with Crippen molar-refractivity contribution >= 4 is 157 Å². The summed E-state index contributed by atoms with van der Waals surface area (Å²) in [7, 11) is 15.1. The van der Waals surface area contributed by atoms with Crippen molar-refractivity contribution in [2.45, 2.75) is 69.2 Å². The van der Waals surface area contributed by atoms with Gasteiger partial charge >= 0.3 is 6.17 Å². The summed E-state index contributed by atoms with van der Waals surface area (Å²) in [6, 6.07) is 0.645. The molecule has 7 aliphatic heterocycles. The van der Waals surface area contributed by atoms with Gasteiger partial charge < -0.3 is 54.6 Å². The number of fused-ring (bicyclic) bond motifs is 7. The molecule has 6 atom stereocenters. The maximum atomic E-state index is 11.5. The summed E-state index contributed by atoms with van der Waals surface area (Å²) in [5.74, 6) is 0.0143. The highest BCUT2D eigenvalue weighted by Gasteiger charge is 2.37. The molecule has 7 aromatic rings. The molecule has 33 nitrogen and oxygen atoms in total. The number of nitrogen functional groups attached to an aromatic ring is 1. The third-order valence-electron chi connectivity index (χ3n) is 16.3. The SMILES string of the molecule is C=CCON(C)C1CN([B]C=O)Cc2ncsc21.C=CCON(C)C1CN=Cc2ncsc21.C=CCON(C)C1CNCc2ncsc21.C=CCONC.Nc1nc2c(s1)C(=O)CN([B]C=O)C2.O=C[B]N1CC(=O)c2scnc2C1.O=C[B]N1Cc2ncsc2C(O)C1.[C-]#[N+]C1NCC(N(C)OCC=C)c2scnc21. The number of aromatic nitrogens is 7. The number of β-amino-alcohol motifs (C(OH)–C–C–N with tert-alkyl or cyclic N) is 1. The molecule has 7 aliphatic rings. The van der Waals surface area contributed by atoms with Gasteiger partial charge in [0.1, 0.15) is 6.10 Å². The van der Waals surface area contributed by atoms with Crippen LogP contribution in [0.15, 0.2) is 101 Å². The molecule has 586 valence electrons. The number of ketones is 2. The molecular weight excluding hydrogens is 1560 g/mol. The van der Waals surface area contributed by atoms with Crippen LogP contribution >= 0.6 is 79.4 Å². The number of carbonyl (C=O) groups is 6. The molecule has 0 fully saturated rings. The minimum absolute atomic E-state index is 0.0291. The average molecular weight is 1650 g/mol. The van der Waals surface area contributed by atoms with E-state index < -0.39 is 6.10 Å². The first kappa shape index (κ1) is 90.9. The van der Waals surface area contributed by atoms with E-state index in [0.717, 1.165) is 87.3 Å². The Labute approximate surface area is 676 Å². The molecule has 0 bridgehead atoms. The minimum atomic E-state index is -0.507. The third-order valence-corrected chi connectivity index (χ3v) is 23.0. The van der Waals surface area contributed by atoms with Crippen molar-refractivity contribution in [3.63, 3.8) is 0 Å². The summed E-state index contributed by atoms with van der Waals surface area (Å²) in [6.07, 6.45) is 12.5. The number of aliphatic hydroxyl groups excluding tert-OH is 1. The number of nitrogens with zero attached hydrogens (tertiary/aromatic N) is 17. The van der Waals surface area contributed by atoms with Crippen molar-refractivity contribution in [1.29, 1.82) is 0 Å². The first-order chi connectivity index (χ1) is 53.9. The van der Waals surface area contributed by atoms with Gasteiger partial charge in [0.05, 0.1) is 193 Å². The van der Waals surface area contributed by atoms with Crippen molar-refractivity contribution in [3.05, 3.63) is 182 Å². The second kappa shape index (κ2) is 49.3. The Bertz CT molecular complexity index is 4180. The van der Waals surface area contributed by atoms with E-state index in [1.165, 1.54) is 70.9 Å². The molecule has 111 heavy (non-hydrogen) atoms. The minimum Gasteiger partial charge on any atom is -0.386 e. The lowest BCUT2D eigenvalue weighted by Crippen LogP contribution is -2.42. The number of nitrogens with one attached hydrogen (secondary N) is 3. The standard InChI is InChI=1S/C11H15BN3O2S.C11H14N4OS.C10H15N3OS.C10H13N3OS.C7H7BN3O2S.C7H8BN2O2S.C7H6BN2O2S.C4H9NO/c1-3-4-17-14(2)10-6-15(12-7-16)5-9-11(10)18-8-13-9;1-4-5-16-15(3)8-6-13-11(12-2)9-10(8)17-7-14-9;2*1-3-4-14-13(2)9-6-11-5-8-10(9)15-7-12-8;9-7-10-4-1-11(8-3-12)2-5(13)6(4)14-7;2*11-3-8-10-1-5-7(6(12)2-10)13-4-9-5;1-3-4-6-5-2/h3,7-8,10H,1,4-6H2,2H3;4,7-8,11,13H,1,5-6H2,3H3;3,7,9,11H,1,4-6H2,2H3;3,5,7,9H,1,4,6H2,2H3;3H,1-2H2,(H2,9,10);3-4,6,12H,1-2H2;3-4H,1-2H2;3,5H,1,4H2,2H3. The number of thiazole rings is 7. The fourth-order valence-electron chi connectivity index (χ4n) is 11.2. The molecule has 0 aliphatic carbocycles. The zero-order valence-electron chi connectivity index (χ0n) is 62.0. The van der Waals surface area contributed by atoms with Gasteiger partial charge in [-0.25, -0.2) is 52.3 Å². The van der Waals surface area contributed by atoms with Crippen LogP contribution in [0.4, 0.5) is 5.13 Å². The molecule has 0 aromatic carbocycles. The Hall–Kier alpha value is -7.33. The smallest absolute Gasteiger partial charge is 0.321 e. The van der Waals surface area contributed by atoms with E-state index >= 15 is 0 Å². The lowest BCUT2D eigenvalue weighted by atomic mass is 9.90. The van der Waals surface area contributed by atoms with Gasteiger partial charge in [-0.3, -0.25) is 43.6 Å². The summed E-state index contributed by atoms with van der Waals surface area (Å²) in [5, 5.41) is 23.8. The summed E-state index contributed by atoms with van der Waals surface area (Å²) in [6.45, 7) is 34.9. The Balaban J connectivity index is 0.000000178. The lowest BCUT2D eigenvalue weighted by molar-refractivity contribution is -0.162. The molecule has 14 heterocycles. The Kier molecular flexibility index (Phi) is 40.4. The highest BCUT2D eigenvalue weighted by molar-refractivity contribution is 7.17. The van der Waals surface area contributed by atoms with Crippen LogP contribution in [0.3, 0.4) is 0 Å². The maximum absolute atomic E-state index is 11.5. The van der Waals surface area contributed by atoms with Gasteiger partial charge in [0.25, 0.3) is 29.7 Å². The molecule has 6 N–H and O–H groups in total. The first-order valence-corrected chi connectivity index (χ1v) is 40.2. The predicted octanol–water partition coefficient (Wildman–Crippen LogP) is 5.22. The normalized spacial score (nSPS) is 19.1. The molecule has 4 radical (unpaired) electrons. The number of hydroxylamine groups is 9. The average Bonchev–Trinajstić information content (AvgIpc) is 1.76. The number of nitrogens with two attached hydrogens (primary N) is 1. The zero-order chi connectivity index (χ0) is 80.0. The quantitative estimate of drug-likeness (QED) is 0.0110. The predicted molar refractivity (Wildman–Crippen MR) is 438 cm³/mol. The van der Waals surface area contributed by atoms with Crippen molar-refractivity contribution in [2.75, 3.05) is 120 Å². The lowest BCUT2D eigenvalue weighted by Gasteiger charge is -2.35. The summed E-state index contributed by atoms with van der Waals surface area (Å²) in [5.41, 5.74) is 25.0. The van der Waals surface area contributed by atoms with Gasteiger partial charge in [-0.15, -0.1) is 101 Å². The monoisotopic (exact) mass is 1650 g/mol. The van der Waals surface area contributed by atoms with E-state index in [9.17, 15) is 33.9 Å². The van der Waals surface area contributed by atoms with E-state index in [1.807, 2.05) is 70.9 Å². The number of likely N-dealkylation sites (N-methyl/N-ethyl adjacent to an activating group) is 4. The van der Waals surface area contributed by atoms with Crippen molar-refractivity contribution in [1.82, 2.24) is 90.5 Å². The van der Waals surface area contributed by atoms with Crippen molar-refractivity contribution in [2.24, 2.45) is 4.99 Å². The topological polar surface area (TPSA) is 364 Å². The van der Waals surface area contributed by atoms with Gasteiger partial charge in [-0.2, -0.15) is 20.3 Å². The largest absolute Gasteiger partial charge is 0.386 e. The molecule has 44 heteroatoms. The number of aliphatic imine (C=N–C) groups is 1. The van der Waals surface area contributed by atoms with Gasteiger partial charge in [0.15, 0.2) is 22.4 Å². The molecule has 0 saturated heterocycles. The number of Topliss-reactive ketones (excluding diaryl/α,β-unsaturated/α-hetero) is 2. The second-order valence-electron chi connectivity index (χ2n) is 23.8. The van der Waals surface area contributed by atoms with Crippen molar-refractivity contribution < 1.29 is 58.1 Å². The highest BCUT2D eigenvalue weighted by atomic mass is 32.1. The van der Waals surface area contributed by atoms with Crippen LogP contribution in [0, 0.1) is 6.57 Å². The van der Waals surface area contributed by atoms with E-state index in [-0.39, 0.29) is 55.0 Å². The van der Waals surface area contributed by atoms with E-state index in [0.29, 0.717) is 100 Å². The third kappa shape index (κ3) is 27.5. The van der Waals surface area contributed by atoms with Crippen LogP contribution < -0.4 is 21.8 Å². The van der Waals surface area contributed by atoms with Gasteiger partial charge in [-0.1, -0.05) is 41.7 Å². The number of aliphatic hydroxyl groups is 1. The Morgan fingerprint density at radius 1 is 0.568 bits per heavy atom. The number of hydrogen-bond acceptors (Lipinski definition) is 39. The highest BCUT2D eigenvalue weighted by Crippen LogP contribution is 2.37. The number of anilines is 1. The van der Waals surface area contributed by atoms with Crippen molar-refractivity contribution in [3.8, 4) is 0 Å². The summed E-state index contributed by atoms with van der Waals surface area (Å²) >= 11 is 10.6. The molecular formula is C67H87B4N21O12S7.